The fourth-order valence-electron chi connectivity index (χ4n) is 0.397. The fraction of sp³-hybridized carbons (Fsp3) is 0.250. The molecule has 0 aromatic carbocycles. The molecule has 1 rings (SSSR count). The van der Waals surface area contributed by atoms with E-state index in [2.05, 4.69) is 4.98 Å². The summed E-state index contributed by atoms with van der Waals surface area (Å²) in [5.41, 5.74) is -1.66. The number of aryl methyl sites for hydroxylation is 1. The number of ketones is 1. The van der Waals surface area contributed by atoms with Gasteiger partial charge in [0.15, 0.2) is 5.78 Å². The minimum atomic E-state index is -3.08. The van der Waals surface area contributed by atoms with E-state index in [9.17, 15) is 4.79 Å². The molecular weight excluding hydrogens is 126 g/mol. The van der Waals surface area contributed by atoms with E-state index in [0.717, 1.165) is 0 Å². The Kier molecular flexibility index (Phi) is 0.442. The summed E-state index contributed by atoms with van der Waals surface area (Å²) < 4.78 is 64.4. The summed E-state index contributed by atoms with van der Waals surface area (Å²) in [5, 5.41) is 0. The number of hydrogen-bond donors (Lipinski definition) is 0. The normalized spacial score (nSPS) is 25.0. The third-order valence-electron chi connectivity index (χ3n) is 0.812. The van der Waals surface area contributed by atoms with Crippen LogP contribution in [-0.2, 0) is 0 Å². The number of Topliss-reactive ketones (excluding diaryl/α,β-unsaturated/α-hetero) is 1. The van der Waals surface area contributed by atoms with E-state index in [4.69, 9.17) is 12.3 Å². The molecular formula is C8H9NO. The quantitative estimate of drug-likeness (QED) is 0.560. The van der Waals surface area contributed by atoms with Gasteiger partial charge >= 0.3 is 0 Å². The fourth-order valence-corrected chi connectivity index (χ4v) is 0.397. The molecule has 52 valence electrons. The lowest BCUT2D eigenvalue weighted by Gasteiger charge is -1.93. The average Bonchev–Trinajstić information content (AvgIpc) is 2.20. The number of hydrogen-bond acceptors (Lipinski definition) is 2. The second-order valence-electron chi connectivity index (χ2n) is 1.53. The van der Waals surface area contributed by atoms with Crippen LogP contribution in [0.15, 0.2) is 18.3 Å². The van der Waals surface area contributed by atoms with Crippen LogP contribution >= 0.6 is 0 Å². The highest BCUT2D eigenvalue weighted by Gasteiger charge is 1.96. The van der Waals surface area contributed by atoms with Crippen molar-refractivity contribution in [2.45, 2.75) is 13.7 Å². The highest BCUT2D eigenvalue weighted by atomic mass is 16.1. The Hall–Kier alpha value is -1.18. The topological polar surface area (TPSA) is 30.0 Å². The van der Waals surface area contributed by atoms with Crippen molar-refractivity contribution < 1.29 is 17.1 Å². The van der Waals surface area contributed by atoms with Crippen LogP contribution in [0.1, 0.15) is 35.2 Å². The van der Waals surface area contributed by atoms with E-state index in [1.54, 1.807) is 0 Å². The first kappa shape index (κ1) is 1.70. The van der Waals surface area contributed by atoms with Crippen molar-refractivity contribution in [3.05, 3.63) is 29.5 Å². The van der Waals surface area contributed by atoms with Crippen molar-refractivity contribution in [1.29, 1.82) is 0 Å². The summed E-state index contributed by atoms with van der Waals surface area (Å²) in [6.45, 7) is -5.90. The standard InChI is InChI=1S/C8H9NO/c1-6-3-4-8(5-9-6)7(2)10/h3-5H,1-2H3/i1D3,2D3,3D,4D,5D. The lowest BCUT2D eigenvalue weighted by Crippen LogP contribution is -1.92. The molecule has 0 aliphatic rings. The van der Waals surface area contributed by atoms with E-state index < -0.39 is 49.0 Å². The molecule has 1 heterocycles. The lowest BCUT2D eigenvalue weighted by atomic mass is 10.2. The number of nitrogens with zero attached hydrogens (tertiary/aromatic N) is 1. The van der Waals surface area contributed by atoms with Crippen molar-refractivity contribution in [2.75, 3.05) is 0 Å². The predicted octanol–water partition coefficient (Wildman–Crippen LogP) is 1.59. The number of carbonyl (C=O) groups excluding carboxylic acids is 1. The van der Waals surface area contributed by atoms with Crippen molar-refractivity contribution in [1.82, 2.24) is 4.98 Å². The van der Waals surface area contributed by atoms with E-state index in [1.165, 1.54) is 0 Å². The van der Waals surface area contributed by atoms with Crippen LogP contribution in [0, 0.1) is 6.85 Å². The van der Waals surface area contributed by atoms with Crippen LogP contribution in [-0.4, -0.2) is 10.8 Å². The van der Waals surface area contributed by atoms with Gasteiger partial charge in [0.05, 0.1) is 4.11 Å². The van der Waals surface area contributed by atoms with Gasteiger partial charge in [-0.05, 0) is 25.8 Å². The summed E-state index contributed by atoms with van der Waals surface area (Å²) in [6, 6.07) is -1.78. The largest absolute Gasteiger partial charge is 0.294 e. The first-order chi connectivity index (χ1) is 8.37. The molecule has 0 bridgehead atoms. The maximum absolute atomic E-state index is 11.6. The number of pyridine rings is 1. The zero-order valence-corrected chi connectivity index (χ0v) is 4.86. The van der Waals surface area contributed by atoms with Gasteiger partial charge in [0.1, 0.15) is 0 Å². The molecule has 0 radical (unpaired) electrons. The van der Waals surface area contributed by atoms with E-state index in [-0.39, 0.29) is 0 Å². The predicted molar refractivity (Wildman–Crippen MR) is 39.0 cm³/mol. The summed E-state index contributed by atoms with van der Waals surface area (Å²) >= 11 is 0. The third kappa shape index (κ3) is 1.41. The molecule has 0 unspecified atom stereocenters. The molecule has 1 aromatic heterocycles. The van der Waals surface area contributed by atoms with Gasteiger partial charge in [-0.25, -0.2) is 0 Å². The Morgan fingerprint density at radius 2 is 2.70 bits per heavy atom. The average molecular weight is 144 g/mol. The molecule has 2 nitrogen and oxygen atoms in total. The Balaban J connectivity index is 3.57. The number of aromatic nitrogens is 1. The molecule has 0 saturated carbocycles. The van der Waals surface area contributed by atoms with Gasteiger partial charge in [-0.15, -0.1) is 0 Å². The lowest BCUT2D eigenvalue weighted by molar-refractivity contribution is 0.101. The molecule has 0 atom stereocenters. The van der Waals surface area contributed by atoms with E-state index in [1.807, 2.05) is 0 Å². The Labute approximate surface area is 72.6 Å². The SMILES string of the molecule is [2H]c1nc(C([2H])([2H])[2H])c([2H])c([2H])c1C(=O)C([2H])([2H])[2H]. The van der Waals surface area contributed by atoms with Crippen LogP contribution in [0.3, 0.4) is 0 Å². The number of carbonyl (C=O) groups is 1. The molecule has 0 spiro atoms. The van der Waals surface area contributed by atoms with Gasteiger partial charge in [0.2, 0.25) is 0 Å². The highest BCUT2D eigenvalue weighted by molar-refractivity contribution is 5.93. The summed E-state index contributed by atoms with van der Waals surface area (Å²) in [6.07, 6.45) is -0.923. The van der Waals surface area contributed by atoms with Gasteiger partial charge < -0.3 is 0 Å². The highest BCUT2D eigenvalue weighted by Crippen LogP contribution is 1.98. The maximum Gasteiger partial charge on any atom is 0.161 e. The van der Waals surface area contributed by atoms with Crippen LogP contribution in [0.25, 0.3) is 0 Å². The van der Waals surface area contributed by atoms with Crippen LogP contribution in [0.5, 0.6) is 0 Å². The zero-order valence-electron chi connectivity index (χ0n) is 13.9. The Bertz CT molecular complexity index is 530. The van der Waals surface area contributed by atoms with Crippen molar-refractivity contribution in [2.24, 2.45) is 0 Å². The maximum atomic E-state index is 11.6. The molecule has 10 heavy (non-hydrogen) atoms. The van der Waals surface area contributed by atoms with E-state index in [0.29, 0.717) is 0 Å². The molecule has 0 amide bonds. The molecule has 1 aromatic rings. The van der Waals surface area contributed by atoms with Gasteiger partial charge in [-0.3, -0.25) is 9.78 Å². The van der Waals surface area contributed by atoms with Crippen LogP contribution in [0.2, 0.25) is 0 Å². The Morgan fingerprint density at radius 3 is 3.40 bits per heavy atom. The molecule has 0 fully saturated rings. The van der Waals surface area contributed by atoms with E-state index >= 15 is 0 Å². The van der Waals surface area contributed by atoms with Gasteiger partial charge in [-0.1, -0.05) is 0 Å². The monoisotopic (exact) mass is 144 g/mol. The molecule has 2 heteroatoms. The first-order valence-electron chi connectivity index (χ1n) is 6.90. The molecule has 0 aliphatic carbocycles. The van der Waals surface area contributed by atoms with Gasteiger partial charge in [-0.2, -0.15) is 0 Å². The molecule has 0 N–H and O–H groups in total. The summed E-state index contributed by atoms with van der Waals surface area (Å²) in [5.74, 6) is -1.50. The van der Waals surface area contributed by atoms with Crippen molar-refractivity contribution in [3.63, 3.8) is 0 Å². The van der Waals surface area contributed by atoms with Gasteiger partial charge in [0, 0.05) is 25.7 Å². The summed E-state index contributed by atoms with van der Waals surface area (Å²) in [7, 11) is 0. The van der Waals surface area contributed by atoms with Crippen LogP contribution in [0.4, 0.5) is 0 Å². The molecule has 0 saturated heterocycles. The number of rotatable bonds is 1. The van der Waals surface area contributed by atoms with Crippen molar-refractivity contribution >= 4 is 5.78 Å². The zero-order chi connectivity index (χ0) is 15.2. The summed E-state index contributed by atoms with van der Waals surface area (Å²) in [4.78, 5) is 14.8. The second-order valence-corrected chi connectivity index (χ2v) is 1.53. The smallest absolute Gasteiger partial charge is 0.161 e. The van der Waals surface area contributed by atoms with Gasteiger partial charge in [0.25, 0.3) is 0 Å². The molecule has 0 aliphatic heterocycles. The van der Waals surface area contributed by atoms with Crippen LogP contribution < -0.4 is 0 Å². The Morgan fingerprint density at radius 1 is 1.80 bits per heavy atom. The first-order valence-corrected chi connectivity index (χ1v) is 2.40. The minimum Gasteiger partial charge on any atom is -0.294 e. The minimum absolute atomic E-state index is 0.801. The van der Waals surface area contributed by atoms with Crippen molar-refractivity contribution in [3.8, 4) is 0 Å². The second kappa shape index (κ2) is 2.60. The third-order valence-corrected chi connectivity index (χ3v) is 0.812.